The number of nitrogens with two attached hydrogens (primary N) is 1. The van der Waals surface area contributed by atoms with Crippen molar-refractivity contribution in [3.63, 3.8) is 0 Å². The largest absolute Gasteiger partial charge is 0.365 e. The highest BCUT2D eigenvalue weighted by molar-refractivity contribution is 9.10. The van der Waals surface area contributed by atoms with Gasteiger partial charge in [0.05, 0.1) is 5.56 Å². The molecule has 2 rings (SSSR count). The lowest BCUT2D eigenvalue weighted by atomic mass is 9.97. The molecule has 5 heteroatoms. The minimum Gasteiger partial charge on any atom is -0.365 e. The number of anilines is 1. The molecule has 1 atom stereocenters. The third-order valence-corrected chi connectivity index (χ3v) is 3.88. The van der Waals surface area contributed by atoms with E-state index in [-0.39, 0.29) is 5.54 Å². The van der Waals surface area contributed by atoms with Crippen LogP contribution in [0.5, 0.6) is 0 Å². The molecule has 0 aromatic carbocycles. The first kappa shape index (κ1) is 13.3. The average Bonchev–Trinajstić information content (AvgIpc) is 2.51. The maximum Gasteiger partial charge on any atom is 0.252 e. The van der Waals surface area contributed by atoms with Crippen molar-refractivity contribution in [1.82, 2.24) is 4.98 Å². The number of rotatable bonds is 2. The summed E-state index contributed by atoms with van der Waals surface area (Å²) in [4.78, 5) is 18.2. The maximum absolute atomic E-state index is 11.5. The Kier molecular flexibility index (Phi) is 3.36. The topological polar surface area (TPSA) is 59.2 Å². The summed E-state index contributed by atoms with van der Waals surface area (Å²) in [5.41, 5.74) is 5.92. The second-order valence-electron chi connectivity index (χ2n) is 5.60. The van der Waals surface area contributed by atoms with Crippen LogP contribution in [0.25, 0.3) is 0 Å². The molecule has 1 saturated heterocycles. The van der Waals surface area contributed by atoms with Crippen molar-refractivity contribution in [3.8, 4) is 0 Å². The molecule has 1 fully saturated rings. The Bertz CT molecular complexity index is 487. The number of carbonyl (C=O) groups is 1. The van der Waals surface area contributed by atoms with E-state index in [1.165, 1.54) is 0 Å². The minimum atomic E-state index is -0.430. The van der Waals surface area contributed by atoms with Gasteiger partial charge in [-0.3, -0.25) is 4.79 Å². The zero-order valence-electron chi connectivity index (χ0n) is 10.9. The van der Waals surface area contributed by atoms with Gasteiger partial charge in [0.1, 0.15) is 10.4 Å². The van der Waals surface area contributed by atoms with E-state index in [0.717, 1.165) is 17.6 Å². The molecule has 0 unspecified atom stereocenters. The Labute approximate surface area is 116 Å². The van der Waals surface area contributed by atoms with Gasteiger partial charge in [0.15, 0.2) is 0 Å². The summed E-state index contributed by atoms with van der Waals surface area (Å²) >= 11 is 3.36. The predicted octanol–water partition coefficient (Wildman–Crippen LogP) is 2.57. The van der Waals surface area contributed by atoms with Crippen molar-refractivity contribution in [1.29, 1.82) is 0 Å². The van der Waals surface area contributed by atoms with E-state index in [2.05, 4.69) is 46.6 Å². The quantitative estimate of drug-likeness (QED) is 0.854. The molecule has 0 saturated carbocycles. The summed E-state index contributed by atoms with van der Waals surface area (Å²) in [5, 5.41) is 0. The van der Waals surface area contributed by atoms with E-state index < -0.39 is 5.91 Å². The van der Waals surface area contributed by atoms with Crippen molar-refractivity contribution in [2.24, 2.45) is 11.7 Å². The highest BCUT2D eigenvalue weighted by Crippen LogP contribution is 2.37. The van der Waals surface area contributed by atoms with Gasteiger partial charge in [-0.1, -0.05) is 6.92 Å². The van der Waals surface area contributed by atoms with E-state index in [0.29, 0.717) is 17.3 Å². The third kappa shape index (κ3) is 2.36. The van der Waals surface area contributed by atoms with Crippen molar-refractivity contribution in [2.45, 2.75) is 32.7 Å². The number of hydrogen-bond acceptors (Lipinski definition) is 3. The average molecular weight is 312 g/mol. The third-order valence-electron chi connectivity index (χ3n) is 3.44. The highest BCUT2D eigenvalue weighted by Gasteiger charge is 2.38. The van der Waals surface area contributed by atoms with E-state index in [9.17, 15) is 4.79 Å². The van der Waals surface area contributed by atoms with Gasteiger partial charge >= 0.3 is 0 Å². The number of aromatic nitrogens is 1. The monoisotopic (exact) mass is 311 g/mol. The van der Waals surface area contributed by atoms with Gasteiger partial charge in [-0.25, -0.2) is 4.98 Å². The van der Waals surface area contributed by atoms with Gasteiger partial charge in [0.25, 0.3) is 5.91 Å². The molecule has 0 aliphatic carbocycles. The molecule has 0 radical (unpaired) electrons. The van der Waals surface area contributed by atoms with Gasteiger partial charge in [0.2, 0.25) is 0 Å². The molecule has 0 spiro atoms. The standard InChI is InChI=1S/C13H18BrN3O/c1-8-6-13(2,3)17(7-8)12-9(11(15)18)4-5-10(14)16-12/h4-5,8H,6-7H2,1-3H3,(H2,15,18)/t8-/m0/s1. The van der Waals surface area contributed by atoms with Crippen LogP contribution in [-0.4, -0.2) is 23.0 Å². The fraction of sp³-hybridized carbons (Fsp3) is 0.538. The van der Waals surface area contributed by atoms with Crippen molar-refractivity contribution in [3.05, 3.63) is 22.3 Å². The first-order valence-corrected chi connectivity index (χ1v) is 6.84. The van der Waals surface area contributed by atoms with Crippen LogP contribution in [0.4, 0.5) is 5.82 Å². The fourth-order valence-electron chi connectivity index (χ4n) is 2.78. The Balaban J connectivity index is 2.50. The summed E-state index contributed by atoms with van der Waals surface area (Å²) in [6, 6.07) is 3.48. The van der Waals surface area contributed by atoms with Crippen molar-refractivity contribution in [2.75, 3.05) is 11.4 Å². The normalized spacial score (nSPS) is 22.2. The number of carbonyl (C=O) groups excluding carboxylic acids is 1. The maximum atomic E-state index is 11.5. The number of primary amides is 1. The van der Waals surface area contributed by atoms with Gasteiger partial charge in [0, 0.05) is 12.1 Å². The van der Waals surface area contributed by atoms with Crippen LogP contribution in [0.2, 0.25) is 0 Å². The number of amides is 1. The van der Waals surface area contributed by atoms with Crippen LogP contribution >= 0.6 is 15.9 Å². The Hall–Kier alpha value is -1.10. The molecule has 2 N–H and O–H groups in total. The Morgan fingerprint density at radius 2 is 2.22 bits per heavy atom. The first-order chi connectivity index (χ1) is 8.31. The zero-order valence-corrected chi connectivity index (χ0v) is 12.5. The molecular weight excluding hydrogens is 294 g/mol. The van der Waals surface area contributed by atoms with Crippen molar-refractivity contribution >= 4 is 27.7 Å². The molecule has 98 valence electrons. The summed E-state index contributed by atoms with van der Waals surface area (Å²) in [5.74, 6) is 0.841. The number of pyridine rings is 1. The molecule has 1 aromatic heterocycles. The predicted molar refractivity (Wildman–Crippen MR) is 75.7 cm³/mol. The van der Waals surface area contributed by atoms with E-state index in [1.807, 2.05) is 0 Å². The summed E-state index contributed by atoms with van der Waals surface area (Å²) in [6.45, 7) is 7.45. The van der Waals surface area contributed by atoms with Gasteiger partial charge in [-0.15, -0.1) is 0 Å². The van der Waals surface area contributed by atoms with Crippen LogP contribution in [0.3, 0.4) is 0 Å². The molecule has 1 amide bonds. The van der Waals surface area contributed by atoms with Crippen LogP contribution in [-0.2, 0) is 0 Å². The lowest BCUT2D eigenvalue weighted by molar-refractivity contribution is 0.100. The lowest BCUT2D eigenvalue weighted by Crippen LogP contribution is -2.40. The smallest absolute Gasteiger partial charge is 0.252 e. The summed E-state index contributed by atoms with van der Waals surface area (Å²) in [7, 11) is 0. The minimum absolute atomic E-state index is 0.00257. The zero-order chi connectivity index (χ0) is 13.5. The van der Waals surface area contributed by atoms with Gasteiger partial charge in [-0.05, 0) is 54.2 Å². The lowest BCUT2D eigenvalue weighted by Gasteiger charge is -2.33. The molecule has 1 aromatic rings. The Morgan fingerprint density at radius 3 is 2.72 bits per heavy atom. The van der Waals surface area contributed by atoms with Crippen LogP contribution < -0.4 is 10.6 Å². The van der Waals surface area contributed by atoms with Crippen molar-refractivity contribution < 1.29 is 4.79 Å². The molecule has 1 aliphatic rings. The number of nitrogens with zero attached hydrogens (tertiary/aromatic N) is 2. The van der Waals surface area contributed by atoms with Crippen LogP contribution in [0.1, 0.15) is 37.6 Å². The van der Waals surface area contributed by atoms with E-state index >= 15 is 0 Å². The summed E-state index contributed by atoms with van der Waals surface area (Å²) in [6.07, 6.45) is 1.08. The molecule has 18 heavy (non-hydrogen) atoms. The van der Waals surface area contributed by atoms with E-state index in [1.54, 1.807) is 12.1 Å². The Morgan fingerprint density at radius 1 is 1.56 bits per heavy atom. The summed E-state index contributed by atoms with van der Waals surface area (Å²) < 4.78 is 0.720. The SMILES string of the molecule is C[C@@H]1CN(c2nc(Br)ccc2C(N)=O)C(C)(C)C1. The van der Waals surface area contributed by atoms with Gasteiger partial charge in [-0.2, -0.15) is 0 Å². The molecule has 4 nitrogen and oxygen atoms in total. The first-order valence-electron chi connectivity index (χ1n) is 6.05. The molecule has 1 aliphatic heterocycles. The van der Waals surface area contributed by atoms with E-state index in [4.69, 9.17) is 5.73 Å². The van der Waals surface area contributed by atoms with Crippen LogP contribution in [0.15, 0.2) is 16.7 Å². The molecule has 2 heterocycles. The number of halogens is 1. The number of hydrogen-bond donors (Lipinski definition) is 1. The highest BCUT2D eigenvalue weighted by atomic mass is 79.9. The van der Waals surface area contributed by atoms with Crippen LogP contribution in [0, 0.1) is 5.92 Å². The second kappa shape index (κ2) is 4.53. The van der Waals surface area contributed by atoms with Gasteiger partial charge < -0.3 is 10.6 Å². The second-order valence-corrected chi connectivity index (χ2v) is 6.41. The fourth-order valence-corrected chi connectivity index (χ4v) is 3.08. The molecular formula is C13H18BrN3O. The molecule has 0 bridgehead atoms.